The first kappa shape index (κ1) is 12.5. The summed E-state index contributed by atoms with van der Waals surface area (Å²) in [6.45, 7) is 4.21. The molecule has 0 amide bonds. The average Bonchev–Trinajstić information content (AvgIpc) is 2.42. The van der Waals surface area contributed by atoms with Crippen molar-refractivity contribution in [1.82, 2.24) is 0 Å². The maximum Gasteiger partial charge on any atom is 0.0805 e. The monoisotopic (exact) mass is 209 g/mol. The Morgan fingerprint density at radius 2 is 2.13 bits per heavy atom. The zero-order valence-corrected chi connectivity index (χ0v) is 10.00. The molecule has 0 aromatic carbocycles. The van der Waals surface area contributed by atoms with E-state index in [1.807, 2.05) is 6.92 Å². The van der Waals surface area contributed by atoms with E-state index >= 15 is 0 Å². The Morgan fingerprint density at radius 3 is 2.67 bits per heavy atom. The molecule has 0 bridgehead atoms. The molecule has 0 radical (unpaired) electrons. The molecule has 1 N–H and O–H groups in total. The van der Waals surface area contributed by atoms with Crippen LogP contribution in [-0.4, -0.2) is 10.7 Å². The van der Waals surface area contributed by atoms with E-state index in [9.17, 15) is 5.11 Å². The van der Waals surface area contributed by atoms with Gasteiger partial charge in [-0.3, -0.25) is 0 Å². The normalized spacial score (nSPS) is 34.1. The van der Waals surface area contributed by atoms with Crippen LogP contribution in [0.25, 0.3) is 0 Å². The van der Waals surface area contributed by atoms with Gasteiger partial charge in [-0.1, -0.05) is 33.1 Å². The number of nitriles is 1. The van der Waals surface area contributed by atoms with E-state index in [2.05, 4.69) is 13.0 Å². The number of aliphatic hydroxyl groups is 1. The Bertz CT molecular complexity index is 233. The van der Waals surface area contributed by atoms with Crippen LogP contribution in [-0.2, 0) is 0 Å². The van der Waals surface area contributed by atoms with Gasteiger partial charge < -0.3 is 5.11 Å². The third-order valence-electron chi connectivity index (χ3n) is 4.00. The first-order valence-electron chi connectivity index (χ1n) is 6.28. The molecule has 0 saturated heterocycles. The van der Waals surface area contributed by atoms with Gasteiger partial charge in [0.15, 0.2) is 0 Å². The lowest BCUT2D eigenvalue weighted by Crippen LogP contribution is -2.36. The first-order chi connectivity index (χ1) is 7.16. The molecule has 1 aliphatic carbocycles. The molecule has 1 rings (SSSR count). The third kappa shape index (κ3) is 2.95. The average molecular weight is 209 g/mol. The van der Waals surface area contributed by atoms with Gasteiger partial charge in [-0.2, -0.15) is 5.26 Å². The quantitative estimate of drug-likeness (QED) is 0.725. The zero-order chi connectivity index (χ0) is 11.3. The smallest absolute Gasteiger partial charge is 0.0805 e. The van der Waals surface area contributed by atoms with Crippen molar-refractivity contribution in [3.63, 3.8) is 0 Å². The van der Waals surface area contributed by atoms with E-state index in [-0.39, 0.29) is 5.92 Å². The fourth-order valence-corrected chi connectivity index (χ4v) is 2.77. The third-order valence-corrected chi connectivity index (χ3v) is 4.00. The van der Waals surface area contributed by atoms with E-state index in [1.54, 1.807) is 0 Å². The SMILES string of the molecule is CCC1CCCC(O)(C(C#N)CC)CC1. The Hall–Kier alpha value is -0.550. The van der Waals surface area contributed by atoms with Crippen LogP contribution in [0.1, 0.15) is 58.8 Å². The van der Waals surface area contributed by atoms with Crippen LogP contribution in [0.3, 0.4) is 0 Å². The van der Waals surface area contributed by atoms with E-state index in [0.29, 0.717) is 0 Å². The van der Waals surface area contributed by atoms with Crippen molar-refractivity contribution in [1.29, 1.82) is 5.26 Å². The molecule has 0 aromatic rings. The Kier molecular flexibility index (Phi) is 4.60. The van der Waals surface area contributed by atoms with Crippen molar-refractivity contribution in [2.45, 2.75) is 64.4 Å². The Labute approximate surface area is 93.3 Å². The van der Waals surface area contributed by atoms with Crippen LogP contribution in [0.15, 0.2) is 0 Å². The van der Waals surface area contributed by atoms with Crippen LogP contribution in [0.5, 0.6) is 0 Å². The highest BCUT2D eigenvalue weighted by Gasteiger charge is 2.37. The summed E-state index contributed by atoms with van der Waals surface area (Å²) in [4.78, 5) is 0. The highest BCUT2D eigenvalue weighted by atomic mass is 16.3. The molecule has 3 unspecified atom stereocenters. The highest BCUT2D eigenvalue weighted by Crippen LogP contribution is 2.37. The lowest BCUT2D eigenvalue weighted by atomic mass is 9.80. The summed E-state index contributed by atoms with van der Waals surface area (Å²) in [7, 11) is 0. The van der Waals surface area contributed by atoms with Gasteiger partial charge in [0.05, 0.1) is 17.6 Å². The summed E-state index contributed by atoms with van der Waals surface area (Å²) in [5.74, 6) is 0.586. The van der Waals surface area contributed by atoms with Crippen LogP contribution in [0, 0.1) is 23.2 Å². The van der Waals surface area contributed by atoms with Crippen molar-refractivity contribution in [3.05, 3.63) is 0 Å². The molecule has 1 fully saturated rings. The molecular weight excluding hydrogens is 186 g/mol. The minimum Gasteiger partial charge on any atom is -0.389 e. The summed E-state index contributed by atoms with van der Waals surface area (Å²) >= 11 is 0. The summed E-state index contributed by atoms with van der Waals surface area (Å²) in [5.41, 5.74) is -0.701. The molecule has 0 heterocycles. The topological polar surface area (TPSA) is 44.0 Å². The summed E-state index contributed by atoms with van der Waals surface area (Å²) in [6.07, 6.45) is 7.00. The largest absolute Gasteiger partial charge is 0.389 e. The fourth-order valence-electron chi connectivity index (χ4n) is 2.77. The maximum absolute atomic E-state index is 10.5. The number of hydrogen-bond donors (Lipinski definition) is 1. The number of hydrogen-bond acceptors (Lipinski definition) is 2. The van der Waals surface area contributed by atoms with Gasteiger partial charge in [-0.25, -0.2) is 0 Å². The van der Waals surface area contributed by atoms with Crippen molar-refractivity contribution < 1.29 is 5.11 Å². The van der Waals surface area contributed by atoms with Gasteiger partial charge in [0.2, 0.25) is 0 Å². The Morgan fingerprint density at radius 1 is 1.40 bits per heavy atom. The highest BCUT2D eigenvalue weighted by molar-refractivity contribution is 4.99. The maximum atomic E-state index is 10.5. The fraction of sp³-hybridized carbons (Fsp3) is 0.923. The molecule has 0 aromatic heterocycles. The van der Waals surface area contributed by atoms with Crippen LogP contribution in [0.2, 0.25) is 0 Å². The standard InChI is InChI=1S/C13H23NO/c1-3-11-6-5-8-13(15,9-7-11)12(4-2)10-14/h11-12,15H,3-9H2,1-2H3. The van der Waals surface area contributed by atoms with Crippen LogP contribution >= 0.6 is 0 Å². The predicted molar refractivity (Wildman–Crippen MR) is 61.2 cm³/mol. The van der Waals surface area contributed by atoms with Crippen molar-refractivity contribution >= 4 is 0 Å². The second kappa shape index (κ2) is 5.51. The van der Waals surface area contributed by atoms with Gasteiger partial charge in [0, 0.05) is 0 Å². The molecule has 3 atom stereocenters. The lowest BCUT2D eigenvalue weighted by Gasteiger charge is -2.30. The number of nitrogens with zero attached hydrogens (tertiary/aromatic N) is 1. The minimum atomic E-state index is -0.701. The zero-order valence-electron chi connectivity index (χ0n) is 10.00. The molecule has 2 heteroatoms. The Balaban J connectivity index is 2.65. The van der Waals surface area contributed by atoms with E-state index < -0.39 is 5.60 Å². The molecule has 2 nitrogen and oxygen atoms in total. The number of rotatable bonds is 3. The van der Waals surface area contributed by atoms with Gasteiger partial charge in [-0.15, -0.1) is 0 Å². The van der Waals surface area contributed by atoms with Crippen LogP contribution < -0.4 is 0 Å². The van der Waals surface area contributed by atoms with Gasteiger partial charge in [0.25, 0.3) is 0 Å². The molecular formula is C13H23NO. The lowest BCUT2D eigenvalue weighted by molar-refractivity contribution is -0.0141. The minimum absolute atomic E-state index is 0.173. The van der Waals surface area contributed by atoms with Crippen molar-refractivity contribution in [2.24, 2.45) is 11.8 Å². The van der Waals surface area contributed by atoms with Gasteiger partial charge >= 0.3 is 0 Å². The first-order valence-corrected chi connectivity index (χ1v) is 6.28. The molecule has 0 spiro atoms. The summed E-state index contributed by atoms with van der Waals surface area (Å²) in [6, 6.07) is 2.27. The van der Waals surface area contributed by atoms with Crippen LogP contribution in [0.4, 0.5) is 0 Å². The summed E-state index contributed by atoms with van der Waals surface area (Å²) in [5, 5.41) is 19.6. The summed E-state index contributed by atoms with van der Waals surface area (Å²) < 4.78 is 0. The second-order valence-electron chi connectivity index (χ2n) is 4.90. The van der Waals surface area contributed by atoms with Gasteiger partial charge in [0.1, 0.15) is 0 Å². The van der Waals surface area contributed by atoms with E-state index in [0.717, 1.165) is 38.0 Å². The van der Waals surface area contributed by atoms with Gasteiger partial charge in [-0.05, 0) is 31.6 Å². The molecule has 1 aliphatic rings. The van der Waals surface area contributed by atoms with E-state index in [4.69, 9.17) is 5.26 Å². The molecule has 1 saturated carbocycles. The van der Waals surface area contributed by atoms with E-state index in [1.165, 1.54) is 12.8 Å². The molecule has 0 aliphatic heterocycles. The molecule has 15 heavy (non-hydrogen) atoms. The molecule has 86 valence electrons. The second-order valence-corrected chi connectivity index (χ2v) is 4.90. The van der Waals surface area contributed by atoms with Crippen molar-refractivity contribution in [2.75, 3.05) is 0 Å². The predicted octanol–water partition coefficient (Wildman–Crippen LogP) is 3.26. The van der Waals surface area contributed by atoms with Crippen molar-refractivity contribution in [3.8, 4) is 6.07 Å².